The Morgan fingerprint density at radius 3 is 2.47 bits per heavy atom. The smallest absolute Gasteiger partial charge is 0.183 e. The summed E-state index contributed by atoms with van der Waals surface area (Å²) < 4.78 is 0. The van der Waals surface area contributed by atoms with Crippen LogP contribution in [0.2, 0.25) is 0 Å². The standard InChI is InChI=1S/C12H15N5/c13-9-11-12(15-4-3-14-11)17-7-5-16(6-8-17)10-1-2-10/h3-4,10H,1-2,5-8H2. The van der Waals surface area contributed by atoms with Gasteiger partial charge in [-0.1, -0.05) is 0 Å². The van der Waals surface area contributed by atoms with Crippen molar-refractivity contribution >= 4 is 5.82 Å². The van der Waals surface area contributed by atoms with Crippen LogP contribution in [0.1, 0.15) is 18.5 Å². The van der Waals surface area contributed by atoms with E-state index in [4.69, 9.17) is 5.26 Å². The predicted molar refractivity (Wildman–Crippen MR) is 63.6 cm³/mol. The Morgan fingerprint density at radius 2 is 1.82 bits per heavy atom. The molecule has 5 nitrogen and oxygen atoms in total. The van der Waals surface area contributed by atoms with Crippen LogP contribution in [-0.2, 0) is 0 Å². The average Bonchev–Trinajstić information content (AvgIpc) is 3.23. The normalized spacial score (nSPS) is 21.2. The van der Waals surface area contributed by atoms with Crippen LogP contribution >= 0.6 is 0 Å². The molecule has 2 heterocycles. The van der Waals surface area contributed by atoms with Gasteiger partial charge in [0.15, 0.2) is 11.5 Å². The fourth-order valence-corrected chi connectivity index (χ4v) is 2.38. The molecule has 0 atom stereocenters. The van der Waals surface area contributed by atoms with Crippen LogP contribution in [0, 0.1) is 11.3 Å². The number of piperazine rings is 1. The van der Waals surface area contributed by atoms with E-state index in [2.05, 4.69) is 25.8 Å². The summed E-state index contributed by atoms with van der Waals surface area (Å²) in [5.74, 6) is 0.741. The fourth-order valence-electron chi connectivity index (χ4n) is 2.38. The van der Waals surface area contributed by atoms with Gasteiger partial charge in [0.05, 0.1) is 0 Å². The second-order valence-corrected chi connectivity index (χ2v) is 4.59. The van der Waals surface area contributed by atoms with Crippen LogP contribution in [0.5, 0.6) is 0 Å². The number of rotatable bonds is 2. The van der Waals surface area contributed by atoms with Crippen LogP contribution in [0.25, 0.3) is 0 Å². The van der Waals surface area contributed by atoms with Crippen molar-refractivity contribution in [1.29, 1.82) is 5.26 Å². The Labute approximate surface area is 101 Å². The highest BCUT2D eigenvalue weighted by Crippen LogP contribution is 2.28. The molecule has 5 heteroatoms. The highest BCUT2D eigenvalue weighted by Gasteiger charge is 2.31. The summed E-state index contributed by atoms with van der Waals surface area (Å²) in [6.45, 7) is 4.05. The third-order valence-corrected chi connectivity index (χ3v) is 3.46. The Bertz CT molecular complexity index is 440. The number of aromatic nitrogens is 2. The van der Waals surface area contributed by atoms with Crippen molar-refractivity contribution in [3.8, 4) is 6.07 Å². The molecular formula is C12H15N5. The topological polar surface area (TPSA) is 56.1 Å². The lowest BCUT2D eigenvalue weighted by atomic mass is 10.3. The van der Waals surface area contributed by atoms with E-state index in [-0.39, 0.29) is 0 Å². The summed E-state index contributed by atoms with van der Waals surface area (Å²) in [5.41, 5.74) is 0.437. The number of nitriles is 1. The maximum atomic E-state index is 9.01. The van der Waals surface area contributed by atoms with E-state index in [9.17, 15) is 0 Å². The Balaban J connectivity index is 1.71. The zero-order valence-electron chi connectivity index (χ0n) is 9.71. The third kappa shape index (κ3) is 2.08. The molecule has 0 bridgehead atoms. The second kappa shape index (κ2) is 4.30. The number of hydrogen-bond acceptors (Lipinski definition) is 5. The van der Waals surface area contributed by atoms with Gasteiger partial charge in [-0.3, -0.25) is 4.90 Å². The number of hydrogen-bond donors (Lipinski definition) is 0. The molecule has 1 aliphatic heterocycles. The average molecular weight is 229 g/mol. The minimum Gasteiger partial charge on any atom is -0.352 e. The fraction of sp³-hybridized carbons (Fsp3) is 0.583. The highest BCUT2D eigenvalue weighted by molar-refractivity contribution is 5.49. The molecule has 0 aromatic carbocycles. The van der Waals surface area contributed by atoms with Crippen molar-refractivity contribution in [3.63, 3.8) is 0 Å². The first kappa shape index (κ1) is 10.5. The molecule has 2 aliphatic rings. The lowest BCUT2D eigenvalue weighted by Gasteiger charge is -2.35. The minimum absolute atomic E-state index is 0.437. The first-order chi connectivity index (χ1) is 8.38. The SMILES string of the molecule is N#Cc1nccnc1N1CCN(C2CC2)CC1. The minimum atomic E-state index is 0.437. The van der Waals surface area contributed by atoms with Crippen molar-refractivity contribution in [2.45, 2.75) is 18.9 Å². The van der Waals surface area contributed by atoms with Gasteiger partial charge in [-0.2, -0.15) is 5.26 Å². The summed E-state index contributed by atoms with van der Waals surface area (Å²) in [7, 11) is 0. The molecule has 1 aromatic rings. The van der Waals surface area contributed by atoms with Crippen LogP contribution < -0.4 is 4.90 Å². The second-order valence-electron chi connectivity index (χ2n) is 4.59. The predicted octanol–water partition coefficient (Wildman–Crippen LogP) is 0.633. The molecule has 0 radical (unpaired) electrons. The molecule has 0 spiro atoms. The number of nitrogens with zero attached hydrogens (tertiary/aromatic N) is 5. The van der Waals surface area contributed by atoms with E-state index in [1.165, 1.54) is 12.8 Å². The zero-order valence-corrected chi connectivity index (χ0v) is 9.71. The molecule has 1 aromatic heterocycles. The molecule has 0 amide bonds. The lowest BCUT2D eigenvalue weighted by Crippen LogP contribution is -2.47. The largest absolute Gasteiger partial charge is 0.352 e. The maximum absolute atomic E-state index is 9.01. The van der Waals surface area contributed by atoms with E-state index in [0.717, 1.165) is 38.0 Å². The Kier molecular flexibility index (Phi) is 2.65. The molecule has 1 saturated heterocycles. The number of anilines is 1. The van der Waals surface area contributed by atoms with E-state index in [0.29, 0.717) is 5.69 Å². The molecule has 88 valence electrons. The summed E-state index contributed by atoms with van der Waals surface area (Å²) in [6, 6.07) is 2.94. The van der Waals surface area contributed by atoms with Crippen LogP contribution in [0.4, 0.5) is 5.82 Å². The first-order valence-corrected chi connectivity index (χ1v) is 6.08. The Hall–Kier alpha value is -1.67. The van der Waals surface area contributed by atoms with Crippen LogP contribution in [0.15, 0.2) is 12.4 Å². The van der Waals surface area contributed by atoms with Gasteiger partial charge in [-0.15, -0.1) is 0 Å². The maximum Gasteiger partial charge on any atom is 0.183 e. The van der Waals surface area contributed by atoms with Gasteiger partial charge in [-0.05, 0) is 12.8 Å². The quantitative estimate of drug-likeness (QED) is 0.744. The molecule has 0 unspecified atom stereocenters. The molecule has 17 heavy (non-hydrogen) atoms. The first-order valence-electron chi connectivity index (χ1n) is 6.08. The highest BCUT2D eigenvalue weighted by atomic mass is 15.3. The summed E-state index contributed by atoms with van der Waals surface area (Å²) in [4.78, 5) is 13.1. The van der Waals surface area contributed by atoms with Gasteiger partial charge in [0, 0.05) is 44.6 Å². The molecule has 1 saturated carbocycles. The van der Waals surface area contributed by atoms with E-state index in [1.54, 1.807) is 12.4 Å². The summed E-state index contributed by atoms with van der Waals surface area (Å²) in [5, 5.41) is 9.01. The van der Waals surface area contributed by atoms with Crippen molar-refractivity contribution in [2.24, 2.45) is 0 Å². The molecule has 2 fully saturated rings. The molecule has 0 N–H and O–H groups in total. The van der Waals surface area contributed by atoms with Crippen molar-refractivity contribution in [3.05, 3.63) is 18.1 Å². The van der Waals surface area contributed by atoms with Gasteiger partial charge in [0.2, 0.25) is 0 Å². The zero-order chi connectivity index (χ0) is 11.7. The van der Waals surface area contributed by atoms with Crippen molar-refractivity contribution in [1.82, 2.24) is 14.9 Å². The lowest BCUT2D eigenvalue weighted by molar-refractivity contribution is 0.247. The van der Waals surface area contributed by atoms with Crippen LogP contribution in [0.3, 0.4) is 0 Å². The summed E-state index contributed by atoms with van der Waals surface area (Å²) >= 11 is 0. The van der Waals surface area contributed by atoms with Crippen molar-refractivity contribution < 1.29 is 0 Å². The van der Waals surface area contributed by atoms with E-state index in [1.807, 2.05) is 0 Å². The van der Waals surface area contributed by atoms with Gasteiger partial charge >= 0.3 is 0 Å². The van der Waals surface area contributed by atoms with Crippen LogP contribution in [-0.4, -0.2) is 47.1 Å². The van der Waals surface area contributed by atoms with Gasteiger partial charge < -0.3 is 4.90 Å². The monoisotopic (exact) mass is 229 g/mol. The van der Waals surface area contributed by atoms with E-state index < -0.39 is 0 Å². The molecular weight excluding hydrogens is 214 g/mol. The van der Waals surface area contributed by atoms with Crippen molar-refractivity contribution in [2.75, 3.05) is 31.1 Å². The van der Waals surface area contributed by atoms with E-state index >= 15 is 0 Å². The van der Waals surface area contributed by atoms with Gasteiger partial charge in [0.1, 0.15) is 6.07 Å². The Morgan fingerprint density at radius 1 is 1.12 bits per heavy atom. The molecule has 3 rings (SSSR count). The third-order valence-electron chi connectivity index (χ3n) is 3.46. The molecule has 1 aliphatic carbocycles. The van der Waals surface area contributed by atoms with Gasteiger partial charge in [0.25, 0.3) is 0 Å². The summed E-state index contributed by atoms with van der Waals surface area (Å²) in [6.07, 6.45) is 5.94. The van der Waals surface area contributed by atoms with Gasteiger partial charge in [-0.25, -0.2) is 9.97 Å².